The van der Waals surface area contributed by atoms with Crippen molar-refractivity contribution in [1.29, 1.82) is 0 Å². The maximum Gasteiger partial charge on any atom is 0.198 e. The molecule has 0 aliphatic heterocycles. The molecule has 0 bridgehead atoms. The molecule has 0 unspecified atom stereocenters. The minimum absolute atomic E-state index is 0.699. The Balaban J connectivity index is 2.30. The van der Waals surface area contributed by atoms with E-state index in [0.717, 1.165) is 22.2 Å². The van der Waals surface area contributed by atoms with Crippen LogP contribution in [0.15, 0.2) is 48.5 Å². The molecular formula is C14H8ClN2. The predicted molar refractivity (Wildman–Crippen MR) is 68.8 cm³/mol. The lowest BCUT2D eigenvalue weighted by atomic mass is 10.1. The molecule has 0 amide bonds. The summed E-state index contributed by atoms with van der Waals surface area (Å²) in [7, 11) is 0. The number of hydrogen-bond donors (Lipinski definition) is 0. The molecule has 2 nitrogen and oxygen atoms in total. The van der Waals surface area contributed by atoms with E-state index in [2.05, 4.69) is 16.3 Å². The van der Waals surface area contributed by atoms with Crippen molar-refractivity contribution in [3.8, 4) is 11.3 Å². The van der Waals surface area contributed by atoms with Gasteiger partial charge in [0.05, 0.1) is 11.2 Å². The number of halogens is 1. The van der Waals surface area contributed by atoms with Crippen LogP contribution >= 0.6 is 11.6 Å². The third kappa shape index (κ3) is 1.87. The fraction of sp³-hybridized carbons (Fsp3) is 0. The molecule has 0 fully saturated rings. The molecule has 3 rings (SSSR count). The van der Waals surface area contributed by atoms with E-state index in [1.807, 2.05) is 48.5 Å². The van der Waals surface area contributed by atoms with E-state index >= 15 is 0 Å². The Hall–Kier alpha value is -1.93. The Morgan fingerprint density at radius 3 is 2.71 bits per heavy atom. The molecule has 3 aromatic rings. The summed E-state index contributed by atoms with van der Waals surface area (Å²) >= 11 is 5.99. The highest BCUT2D eigenvalue weighted by Crippen LogP contribution is 2.26. The van der Waals surface area contributed by atoms with Gasteiger partial charge in [-0.3, -0.25) is 0 Å². The number of hydrogen-bond acceptors (Lipinski definition) is 2. The third-order valence-electron chi connectivity index (χ3n) is 2.59. The van der Waals surface area contributed by atoms with Crippen molar-refractivity contribution < 1.29 is 0 Å². The van der Waals surface area contributed by atoms with E-state index < -0.39 is 0 Å². The van der Waals surface area contributed by atoms with Crippen LogP contribution in [0.4, 0.5) is 0 Å². The molecule has 1 heterocycles. The van der Waals surface area contributed by atoms with Gasteiger partial charge >= 0.3 is 0 Å². The first-order valence-corrected chi connectivity index (χ1v) is 5.61. The lowest BCUT2D eigenvalue weighted by Crippen LogP contribution is -1.88. The maximum atomic E-state index is 5.99. The second-order valence-corrected chi connectivity index (χ2v) is 4.14. The fourth-order valence-electron chi connectivity index (χ4n) is 1.82. The van der Waals surface area contributed by atoms with Gasteiger partial charge in [0.2, 0.25) is 0 Å². The van der Waals surface area contributed by atoms with Crippen LogP contribution in [0.2, 0.25) is 5.02 Å². The summed E-state index contributed by atoms with van der Waals surface area (Å²) in [6.45, 7) is 0. The van der Waals surface area contributed by atoms with Crippen LogP contribution < -0.4 is 0 Å². The Labute approximate surface area is 104 Å². The van der Waals surface area contributed by atoms with Gasteiger partial charge < -0.3 is 0 Å². The van der Waals surface area contributed by atoms with Gasteiger partial charge in [0.1, 0.15) is 0 Å². The Morgan fingerprint density at radius 2 is 1.82 bits per heavy atom. The largest absolute Gasteiger partial charge is 0.225 e. The Morgan fingerprint density at radius 1 is 0.941 bits per heavy atom. The molecule has 1 radical (unpaired) electrons. The summed E-state index contributed by atoms with van der Waals surface area (Å²) in [5.74, 6) is 0. The first-order chi connectivity index (χ1) is 8.34. The van der Waals surface area contributed by atoms with Gasteiger partial charge in [-0.15, -0.1) is 0 Å². The minimum atomic E-state index is 0.699. The standard InChI is InChI=1S/C14H8ClN2/c15-11-5-3-4-10(8-11)14-12-6-1-2-7-13(12)16-9-17-14/h1-8H. The Kier molecular flexibility index (Phi) is 2.50. The quantitative estimate of drug-likeness (QED) is 0.646. The summed E-state index contributed by atoms with van der Waals surface area (Å²) in [4.78, 5) is 8.34. The molecule has 1 aromatic heterocycles. The topological polar surface area (TPSA) is 25.8 Å². The highest BCUT2D eigenvalue weighted by atomic mass is 35.5. The molecule has 0 N–H and O–H groups in total. The van der Waals surface area contributed by atoms with Gasteiger partial charge in [0, 0.05) is 16.0 Å². The third-order valence-corrected chi connectivity index (χ3v) is 2.82. The van der Waals surface area contributed by atoms with Gasteiger partial charge in [-0.05, 0) is 18.2 Å². The number of rotatable bonds is 1. The van der Waals surface area contributed by atoms with Crippen LogP contribution in [0.1, 0.15) is 0 Å². The van der Waals surface area contributed by atoms with Crippen LogP contribution in [-0.4, -0.2) is 9.97 Å². The molecule has 17 heavy (non-hydrogen) atoms. The van der Waals surface area contributed by atoms with E-state index in [4.69, 9.17) is 11.6 Å². The van der Waals surface area contributed by atoms with Crippen LogP contribution in [0.5, 0.6) is 0 Å². The van der Waals surface area contributed by atoms with Gasteiger partial charge in [-0.25, -0.2) is 9.97 Å². The van der Waals surface area contributed by atoms with Gasteiger partial charge in [0.15, 0.2) is 6.33 Å². The zero-order chi connectivity index (χ0) is 11.7. The zero-order valence-electron chi connectivity index (χ0n) is 8.89. The SMILES string of the molecule is Clc1cccc(-c2n[c]nc3ccccc23)c1. The predicted octanol–water partition coefficient (Wildman–Crippen LogP) is 3.75. The second-order valence-electron chi connectivity index (χ2n) is 3.70. The minimum Gasteiger partial charge on any atom is -0.225 e. The van der Waals surface area contributed by atoms with Crippen molar-refractivity contribution >= 4 is 22.5 Å². The van der Waals surface area contributed by atoms with Crippen molar-refractivity contribution in [2.24, 2.45) is 0 Å². The molecule has 0 aliphatic carbocycles. The first-order valence-electron chi connectivity index (χ1n) is 5.23. The lowest BCUT2D eigenvalue weighted by Gasteiger charge is -2.04. The van der Waals surface area contributed by atoms with Crippen LogP contribution in [-0.2, 0) is 0 Å². The molecule has 0 saturated heterocycles. The van der Waals surface area contributed by atoms with Crippen LogP contribution in [0, 0.1) is 6.33 Å². The molecule has 0 spiro atoms. The van der Waals surface area contributed by atoms with Crippen LogP contribution in [0.25, 0.3) is 22.2 Å². The summed E-state index contributed by atoms with van der Waals surface area (Å²) < 4.78 is 0. The molecule has 0 aliphatic rings. The zero-order valence-corrected chi connectivity index (χ0v) is 9.65. The second kappa shape index (κ2) is 4.15. The summed E-state index contributed by atoms with van der Waals surface area (Å²) in [5, 5.41) is 1.71. The summed E-state index contributed by atoms with van der Waals surface area (Å²) in [6, 6.07) is 15.5. The van der Waals surface area contributed by atoms with Gasteiger partial charge in [-0.1, -0.05) is 41.9 Å². The number of aromatic nitrogens is 2. The van der Waals surface area contributed by atoms with E-state index in [-0.39, 0.29) is 0 Å². The van der Waals surface area contributed by atoms with Crippen molar-refractivity contribution in [3.05, 3.63) is 59.9 Å². The number of fused-ring (bicyclic) bond motifs is 1. The molecule has 3 heteroatoms. The average Bonchev–Trinajstić information content (AvgIpc) is 2.38. The van der Waals surface area contributed by atoms with E-state index in [1.165, 1.54) is 0 Å². The molecule has 0 saturated carbocycles. The smallest absolute Gasteiger partial charge is 0.198 e. The number of benzene rings is 2. The van der Waals surface area contributed by atoms with Crippen molar-refractivity contribution in [1.82, 2.24) is 9.97 Å². The molecular weight excluding hydrogens is 232 g/mol. The number of para-hydroxylation sites is 1. The number of nitrogens with zero attached hydrogens (tertiary/aromatic N) is 2. The monoisotopic (exact) mass is 239 g/mol. The first kappa shape index (κ1) is 10.2. The highest BCUT2D eigenvalue weighted by molar-refractivity contribution is 6.30. The fourth-order valence-corrected chi connectivity index (χ4v) is 2.01. The van der Waals surface area contributed by atoms with Gasteiger partial charge in [-0.2, -0.15) is 0 Å². The molecule has 2 aromatic carbocycles. The maximum absolute atomic E-state index is 5.99. The lowest BCUT2D eigenvalue weighted by molar-refractivity contribution is 1.20. The van der Waals surface area contributed by atoms with Crippen molar-refractivity contribution in [3.63, 3.8) is 0 Å². The van der Waals surface area contributed by atoms with E-state index in [1.54, 1.807) is 0 Å². The van der Waals surface area contributed by atoms with E-state index in [9.17, 15) is 0 Å². The highest BCUT2D eigenvalue weighted by Gasteiger charge is 2.05. The molecule has 0 atom stereocenters. The Bertz CT molecular complexity index is 674. The van der Waals surface area contributed by atoms with E-state index in [0.29, 0.717) is 5.02 Å². The normalized spacial score (nSPS) is 10.6. The van der Waals surface area contributed by atoms with Crippen molar-refractivity contribution in [2.75, 3.05) is 0 Å². The van der Waals surface area contributed by atoms with Gasteiger partial charge in [0.25, 0.3) is 0 Å². The summed E-state index contributed by atoms with van der Waals surface area (Å²) in [5.41, 5.74) is 2.72. The average molecular weight is 240 g/mol. The molecule has 81 valence electrons. The van der Waals surface area contributed by atoms with Crippen LogP contribution in [0.3, 0.4) is 0 Å². The summed E-state index contributed by atoms with van der Waals surface area (Å²) in [6.07, 6.45) is 2.68. The van der Waals surface area contributed by atoms with Crippen molar-refractivity contribution in [2.45, 2.75) is 0 Å².